The quantitative estimate of drug-likeness (QED) is 0.824. The molecule has 1 atom stereocenters. The Hall–Kier alpha value is -1.35. The van der Waals surface area contributed by atoms with Gasteiger partial charge in [-0.3, -0.25) is 5.32 Å². The minimum absolute atomic E-state index is 0.0372. The Morgan fingerprint density at radius 2 is 1.71 bits per heavy atom. The molecule has 0 radical (unpaired) electrons. The van der Waals surface area contributed by atoms with Gasteiger partial charge in [0, 0.05) is 6.04 Å². The molecule has 0 amide bonds. The second-order valence-corrected chi connectivity index (χ2v) is 4.93. The number of hydrogen-bond acceptors (Lipinski definition) is 2. The van der Waals surface area contributed by atoms with Crippen LogP contribution in [-0.4, -0.2) is 17.1 Å². The Balaban J connectivity index is 3.30. The van der Waals surface area contributed by atoms with Crippen LogP contribution in [-0.2, 0) is 10.3 Å². The topological polar surface area (TPSA) is 49.3 Å². The maximum atomic E-state index is 11.7. The molecule has 1 unspecified atom stereocenters. The third-order valence-corrected chi connectivity index (χ3v) is 2.95. The molecule has 94 valence electrons. The zero-order valence-electron chi connectivity index (χ0n) is 10.9. The molecule has 3 heteroatoms. The minimum Gasteiger partial charge on any atom is -0.480 e. The first kappa shape index (κ1) is 13.7. The fourth-order valence-electron chi connectivity index (χ4n) is 2.17. The van der Waals surface area contributed by atoms with Crippen LogP contribution in [0.15, 0.2) is 30.3 Å². The minimum atomic E-state index is -1.02. The van der Waals surface area contributed by atoms with Gasteiger partial charge in [-0.2, -0.15) is 0 Å². The standard InChI is InChI=1S/C14H21NO2/c1-10(2)14(13(16)17,15-11(3)4)12-8-6-5-7-9-12/h5-11,15H,1-4H3,(H,16,17). The van der Waals surface area contributed by atoms with Crippen molar-refractivity contribution in [2.75, 3.05) is 0 Å². The van der Waals surface area contributed by atoms with Gasteiger partial charge in [-0.15, -0.1) is 0 Å². The van der Waals surface area contributed by atoms with Gasteiger partial charge in [0.15, 0.2) is 0 Å². The predicted octanol–water partition coefficient (Wildman–Crippen LogP) is 2.62. The van der Waals surface area contributed by atoms with Crippen molar-refractivity contribution >= 4 is 5.97 Å². The second-order valence-electron chi connectivity index (χ2n) is 4.93. The summed E-state index contributed by atoms with van der Waals surface area (Å²) in [5, 5.41) is 12.8. The molecule has 0 spiro atoms. The molecule has 0 saturated carbocycles. The maximum absolute atomic E-state index is 11.7. The largest absolute Gasteiger partial charge is 0.480 e. The first-order valence-corrected chi connectivity index (χ1v) is 5.98. The van der Waals surface area contributed by atoms with Crippen molar-refractivity contribution in [1.29, 1.82) is 0 Å². The summed E-state index contributed by atoms with van der Waals surface area (Å²) in [6.07, 6.45) is 0. The zero-order valence-corrected chi connectivity index (χ0v) is 10.9. The molecule has 3 nitrogen and oxygen atoms in total. The summed E-state index contributed by atoms with van der Waals surface area (Å²) in [4.78, 5) is 11.7. The van der Waals surface area contributed by atoms with Crippen LogP contribution in [0.5, 0.6) is 0 Å². The summed E-state index contributed by atoms with van der Waals surface area (Å²) in [6.45, 7) is 7.78. The van der Waals surface area contributed by atoms with Crippen LogP contribution in [0, 0.1) is 5.92 Å². The number of carbonyl (C=O) groups is 1. The summed E-state index contributed by atoms with van der Waals surface area (Å²) in [5.74, 6) is -0.864. The Kier molecular flexibility index (Phi) is 4.29. The van der Waals surface area contributed by atoms with Crippen molar-refractivity contribution in [3.63, 3.8) is 0 Å². The second kappa shape index (κ2) is 5.32. The normalized spacial score (nSPS) is 14.9. The van der Waals surface area contributed by atoms with Crippen molar-refractivity contribution in [2.24, 2.45) is 5.92 Å². The lowest BCUT2D eigenvalue weighted by Gasteiger charge is -2.36. The van der Waals surface area contributed by atoms with Gasteiger partial charge in [-0.1, -0.05) is 44.2 Å². The summed E-state index contributed by atoms with van der Waals surface area (Å²) < 4.78 is 0. The van der Waals surface area contributed by atoms with Crippen LogP contribution in [0.25, 0.3) is 0 Å². The van der Waals surface area contributed by atoms with Gasteiger partial charge in [0.25, 0.3) is 0 Å². The lowest BCUT2D eigenvalue weighted by atomic mass is 9.79. The van der Waals surface area contributed by atoms with Gasteiger partial charge in [-0.25, -0.2) is 4.79 Å². The van der Waals surface area contributed by atoms with E-state index >= 15 is 0 Å². The van der Waals surface area contributed by atoms with Crippen LogP contribution in [0.3, 0.4) is 0 Å². The molecular formula is C14H21NO2. The molecule has 0 aromatic heterocycles. The molecule has 1 aromatic carbocycles. The van der Waals surface area contributed by atoms with Gasteiger partial charge in [-0.05, 0) is 25.3 Å². The van der Waals surface area contributed by atoms with Gasteiger partial charge in [0.2, 0.25) is 0 Å². The molecule has 2 N–H and O–H groups in total. The van der Waals surface area contributed by atoms with E-state index in [1.807, 2.05) is 58.0 Å². The van der Waals surface area contributed by atoms with Gasteiger partial charge in [0.1, 0.15) is 5.54 Å². The van der Waals surface area contributed by atoms with E-state index in [0.717, 1.165) is 5.56 Å². The van der Waals surface area contributed by atoms with Crippen molar-refractivity contribution in [3.05, 3.63) is 35.9 Å². The molecule has 0 heterocycles. The highest BCUT2D eigenvalue weighted by atomic mass is 16.4. The van der Waals surface area contributed by atoms with E-state index in [1.165, 1.54) is 0 Å². The van der Waals surface area contributed by atoms with Crippen molar-refractivity contribution in [3.8, 4) is 0 Å². The average Bonchev–Trinajstić information content (AvgIpc) is 2.25. The first-order valence-electron chi connectivity index (χ1n) is 5.98. The lowest BCUT2D eigenvalue weighted by molar-refractivity contribution is -0.148. The first-order chi connectivity index (χ1) is 7.91. The lowest BCUT2D eigenvalue weighted by Crippen LogP contribution is -2.55. The summed E-state index contributed by atoms with van der Waals surface area (Å²) >= 11 is 0. The average molecular weight is 235 g/mol. The molecule has 0 aliphatic carbocycles. The van der Waals surface area contributed by atoms with E-state index in [-0.39, 0.29) is 12.0 Å². The van der Waals surface area contributed by atoms with E-state index < -0.39 is 11.5 Å². The number of carboxylic acid groups (broad SMARTS) is 1. The number of aliphatic carboxylic acids is 1. The number of hydrogen-bond donors (Lipinski definition) is 2. The maximum Gasteiger partial charge on any atom is 0.328 e. The highest BCUT2D eigenvalue weighted by molar-refractivity contribution is 5.81. The van der Waals surface area contributed by atoms with Crippen LogP contribution in [0.2, 0.25) is 0 Å². The number of benzene rings is 1. The Bertz CT molecular complexity index is 373. The van der Waals surface area contributed by atoms with E-state index in [4.69, 9.17) is 0 Å². The fourth-order valence-corrected chi connectivity index (χ4v) is 2.17. The Morgan fingerprint density at radius 3 is 2.06 bits per heavy atom. The fraction of sp³-hybridized carbons (Fsp3) is 0.500. The number of nitrogens with one attached hydrogen (secondary N) is 1. The van der Waals surface area contributed by atoms with E-state index in [9.17, 15) is 9.90 Å². The SMILES string of the molecule is CC(C)NC(C(=O)O)(c1ccccc1)C(C)C. The van der Waals surface area contributed by atoms with Gasteiger partial charge < -0.3 is 5.11 Å². The highest BCUT2D eigenvalue weighted by Crippen LogP contribution is 2.30. The highest BCUT2D eigenvalue weighted by Gasteiger charge is 2.43. The van der Waals surface area contributed by atoms with Crippen molar-refractivity contribution in [1.82, 2.24) is 5.32 Å². The molecule has 0 fully saturated rings. The van der Waals surface area contributed by atoms with E-state index in [1.54, 1.807) is 0 Å². The molecule has 17 heavy (non-hydrogen) atoms. The van der Waals surface area contributed by atoms with E-state index in [2.05, 4.69) is 5.32 Å². The van der Waals surface area contributed by atoms with Crippen molar-refractivity contribution in [2.45, 2.75) is 39.3 Å². The predicted molar refractivity (Wildman–Crippen MR) is 68.9 cm³/mol. The molecule has 0 aliphatic rings. The molecule has 0 saturated heterocycles. The number of carboxylic acids is 1. The summed E-state index contributed by atoms with van der Waals surface area (Å²) in [5.41, 5.74) is -0.216. The third kappa shape index (κ3) is 2.67. The molecule has 1 rings (SSSR count). The van der Waals surface area contributed by atoms with Crippen LogP contribution in [0.4, 0.5) is 0 Å². The van der Waals surface area contributed by atoms with Gasteiger partial charge in [0.05, 0.1) is 0 Å². The van der Waals surface area contributed by atoms with Crippen LogP contribution in [0.1, 0.15) is 33.3 Å². The smallest absolute Gasteiger partial charge is 0.328 e. The van der Waals surface area contributed by atoms with Crippen molar-refractivity contribution < 1.29 is 9.90 Å². The zero-order chi connectivity index (χ0) is 13.1. The Labute approximate surface area is 103 Å². The summed E-state index contributed by atoms with van der Waals surface area (Å²) in [6, 6.07) is 9.47. The summed E-state index contributed by atoms with van der Waals surface area (Å²) in [7, 11) is 0. The molecular weight excluding hydrogens is 214 g/mol. The third-order valence-electron chi connectivity index (χ3n) is 2.95. The van der Waals surface area contributed by atoms with E-state index in [0.29, 0.717) is 0 Å². The molecule has 0 aliphatic heterocycles. The van der Waals surface area contributed by atoms with Crippen LogP contribution >= 0.6 is 0 Å². The molecule has 0 bridgehead atoms. The number of rotatable bonds is 5. The monoisotopic (exact) mass is 235 g/mol. The van der Waals surface area contributed by atoms with Gasteiger partial charge >= 0.3 is 5.97 Å². The molecule has 1 aromatic rings. The Morgan fingerprint density at radius 1 is 1.18 bits per heavy atom. The van der Waals surface area contributed by atoms with Crippen LogP contribution < -0.4 is 5.32 Å².